The maximum absolute atomic E-state index is 6.94. The summed E-state index contributed by atoms with van der Waals surface area (Å²) in [5, 5.41) is 6.05. The predicted molar refractivity (Wildman–Crippen MR) is 219 cm³/mol. The molecule has 0 spiro atoms. The Hall–Kier alpha value is -6.38. The van der Waals surface area contributed by atoms with Crippen LogP contribution in [0.4, 0.5) is 17.1 Å². The minimum absolute atomic E-state index is 0.924. The van der Waals surface area contributed by atoms with E-state index >= 15 is 0 Å². The number of nitrogens with zero attached hydrogens (tertiary/aromatic N) is 1. The lowest BCUT2D eigenvalue weighted by Crippen LogP contribution is -2.09. The summed E-state index contributed by atoms with van der Waals surface area (Å²) in [4.78, 5) is 2.34. The van der Waals surface area contributed by atoms with Gasteiger partial charge in [-0.05, 0) is 112 Å². The summed E-state index contributed by atoms with van der Waals surface area (Å²) in [7, 11) is 0. The van der Waals surface area contributed by atoms with Crippen LogP contribution in [0.3, 0.4) is 0 Å². The molecule has 10 rings (SSSR count). The molecule has 52 heavy (non-hydrogen) atoms. The third kappa shape index (κ3) is 5.02. The summed E-state index contributed by atoms with van der Waals surface area (Å²) in [6.07, 6.45) is 4.67. The molecule has 8 aromatic carbocycles. The third-order valence-electron chi connectivity index (χ3n) is 10.8. The van der Waals surface area contributed by atoms with Gasteiger partial charge in [-0.2, -0.15) is 0 Å². The van der Waals surface area contributed by atoms with Gasteiger partial charge in [-0.15, -0.1) is 0 Å². The van der Waals surface area contributed by atoms with Crippen LogP contribution in [0.2, 0.25) is 0 Å². The highest BCUT2D eigenvalue weighted by atomic mass is 16.3. The standard InChI is InChI=1S/C50H37NO/c1-3-20-36(21-4-1)51(37-22-5-2-6-23-37)38-24-15-19-35(33-38)47-40-26-9-11-28-42(40)48(43-29-12-10-27-41(43)47)49-45-30-13-14-32-46(45)52-50(49)44-31-16-18-34-17-7-8-25-39(34)44/h1-6,9-16,18-24,26-33H,7-8,17,25H2. The van der Waals surface area contributed by atoms with Crippen molar-refractivity contribution in [1.82, 2.24) is 0 Å². The van der Waals surface area contributed by atoms with E-state index in [0.29, 0.717) is 0 Å². The summed E-state index contributed by atoms with van der Waals surface area (Å²) >= 11 is 0. The van der Waals surface area contributed by atoms with Gasteiger partial charge in [0.05, 0.1) is 0 Å². The van der Waals surface area contributed by atoms with Gasteiger partial charge in [0.15, 0.2) is 0 Å². The van der Waals surface area contributed by atoms with Crippen LogP contribution >= 0.6 is 0 Å². The molecule has 248 valence electrons. The van der Waals surface area contributed by atoms with Crippen molar-refractivity contribution in [2.75, 3.05) is 4.90 Å². The van der Waals surface area contributed by atoms with E-state index in [2.05, 4.69) is 181 Å². The summed E-state index contributed by atoms with van der Waals surface area (Å²) in [5.41, 5.74) is 13.3. The molecule has 0 atom stereocenters. The predicted octanol–water partition coefficient (Wildman–Crippen LogP) is 14.1. The van der Waals surface area contributed by atoms with Gasteiger partial charge in [-0.3, -0.25) is 0 Å². The highest BCUT2D eigenvalue weighted by Gasteiger charge is 2.26. The SMILES string of the molecule is c1ccc(N(c2ccccc2)c2cccc(-c3c4ccccc4c(-c4c(-c5cccc6c5CCCC6)oc5ccccc45)c4ccccc34)c2)cc1. The van der Waals surface area contributed by atoms with Gasteiger partial charge in [-0.25, -0.2) is 0 Å². The molecule has 0 bridgehead atoms. The number of para-hydroxylation sites is 3. The number of aryl methyl sites for hydroxylation is 1. The zero-order chi connectivity index (χ0) is 34.4. The number of furan rings is 1. The largest absolute Gasteiger partial charge is 0.455 e. The van der Waals surface area contributed by atoms with Crippen molar-refractivity contribution >= 4 is 49.6 Å². The first kappa shape index (κ1) is 30.4. The number of anilines is 3. The van der Waals surface area contributed by atoms with Gasteiger partial charge < -0.3 is 9.32 Å². The van der Waals surface area contributed by atoms with Gasteiger partial charge >= 0.3 is 0 Å². The Bertz CT molecular complexity index is 2640. The minimum Gasteiger partial charge on any atom is -0.455 e. The van der Waals surface area contributed by atoms with Crippen molar-refractivity contribution in [2.45, 2.75) is 25.7 Å². The monoisotopic (exact) mass is 667 g/mol. The van der Waals surface area contributed by atoms with Crippen LogP contribution < -0.4 is 4.90 Å². The van der Waals surface area contributed by atoms with Gasteiger partial charge in [-0.1, -0.05) is 133 Å². The smallest absolute Gasteiger partial charge is 0.143 e. The molecule has 1 aliphatic rings. The Kier molecular flexibility index (Phi) is 7.46. The number of benzene rings is 8. The molecule has 0 aliphatic heterocycles. The number of hydrogen-bond acceptors (Lipinski definition) is 2. The van der Waals surface area contributed by atoms with E-state index in [4.69, 9.17) is 4.42 Å². The third-order valence-corrected chi connectivity index (χ3v) is 10.8. The first-order valence-corrected chi connectivity index (χ1v) is 18.4. The van der Waals surface area contributed by atoms with Crippen molar-refractivity contribution in [2.24, 2.45) is 0 Å². The average Bonchev–Trinajstić information content (AvgIpc) is 3.59. The molecule has 1 heterocycles. The van der Waals surface area contributed by atoms with Gasteiger partial charge in [0.2, 0.25) is 0 Å². The lowest BCUT2D eigenvalue weighted by atomic mass is 9.83. The molecule has 0 amide bonds. The Morgan fingerprint density at radius 2 is 0.942 bits per heavy atom. The number of hydrogen-bond donors (Lipinski definition) is 0. The summed E-state index contributed by atoms with van der Waals surface area (Å²) in [6, 6.07) is 63.6. The van der Waals surface area contributed by atoms with E-state index in [1.807, 2.05) is 0 Å². The topological polar surface area (TPSA) is 16.4 Å². The first-order valence-electron chi connectivity index (χ1n) is 18.4. The molecule has 9 aromatic rings. The van der Waals surface area contributed by atoms with Crippen LogP contribution in [0.15, 0.2) is 180 Å². The Morgan fingerprint density at radius 1 is 0.404 bits per heavy atom. The van der Waals surface area contributed by atoms with E-state index in [-0.39, 0.29) is 0 Å². The summed E-state index contributed by atoms with van der Waals surface area (Å²) < 4.78 is 6.94. The molecule has 2 heteroatoms. The fourth-order valence-corrected chi connectivity index (χ4v) is 8.59. The van der Waals surface area contributed by atoms with Crippen molar-refractivity contribution in [1.29, 1.82) is 0 Å². The van der Waals surface area contributed by atoms with Gasteiger partial charge in [0.25, 0.3) is 0 Å². The van der Waals surface area contributed by atoms with Gasteiger partial charge in [0, 0.05) is 39.1 Å². The number of rotatable bonds is 6. The van der Waals surface area contributed by atoms with E-state index in [0.717, 1.165) is 46.6 Å². The molecule has 1 aromatic heterocycles. The second kappa shape index (κ2) is 12.7. The zero-order valence-corrected chi connectivity index (χ0v) is 28.9. The molecule has 0 radical (unpaired) electrons. The Morgan fingerprint density at radius 3 is 1.62 bits per heavy atom. The van der Waals surface area contributed by atoms with Crippen molar-refractivity contribution in [3.8, 4) is 33.6 Å². The molecule has 2 nitrogen and oxygen atoms in total. The van der Waals surface area contributed by atoms with Crippen LogP contribution in [-0.2, 0) is 12.8 Å². The molecule has 0 N–H and O–H groups in total. The van der Waals surface area contributed by atoms with Crippen molar-refractivity contribution in [3.05, 3.63) is 187 Å². The van der Waals surface area contributed by atoms with Crippen LogP contribution in [-0.4, -0.2) is 0 Å². The summed E-state index contributed by atoms with van der Waals surface area (Å²) in [5.74, 6) is 0.978. The molecule has 0 saturated heterocycles. The van der Waals surface area contributed by atoms with Gasteiger partial charge in [0.1, 0.15) is 11.3 Å². The van der Waals surface area contributed by atoms with Crippen LogP contribution in [0.1, 0.15) is 24.0 Å². The molecule has 0 unspecified atom stereocenters. The molecule has 0 saturated carbocycles. The van der Waals surface area contributed by atoms with Crippen molar-refractivity contribution < 1.29 is 4.42 Å². The average molecular weight is 668 g/mol. The molecule has 1 aliphatic carbocycles. The maximum atomic E-state index is 6.94. The highest BCUT2D eigenvalue weighted by Crippen LogP contribution is 2.51. The van der Waals surface area contributed by atoms with E-state index < -0.39 is 0 Å². The van der Waals surface area contributed by atoms with E-state index in [1.54, 1.807) is 0 Å². The lowest BCUT2D eigenvalue weighted by molar-refractivity contribution is 0.627. The lowest BCUT2D eigenvalue weighted by Gasteiger charge is -2.26. The quantitative estimate of drug-likeness (QED) is 0.164. The Balaban J connectivity index is 1.25. The van der Waals surface area contributed by atoms with Crippen molar-refractivity contribution in [3.63, 3.8) is 0 Å². The second-order valence-electron chi connectivity index (χ2n) is 13.9. The number of fused-ring (bicyclic) bond motifs is 4. The zero-order valence-electron chi connectivity index (χ0n) is 28.9. The first-order chi connectivity index (χ1) is 25.8. The van der Waals surface area contributed by atoms with Crippen LogP contribution in [0.25, 0.3) is 66.1 Å². The maximum Gasteiger partial charge on any atom is 0.143 e. The second-order valence-corrected chi connectivity index (χ2v) is 13.9. The van der Waals surface area contributed by atoms with Crippen LogP contribution in [0, 0.1) is 0 Å². The summed E-state index contributed by atoms with van der Waals surface area (Å²) in [6.45, 7) is 0. The normalized spacial score (nSPS) is 12.7. The molecular formula is C50H37NO. The Labute approximate surface area is 304 Å². The highest BCUT2D eigenvalue weighted by molar-refractivity contribution is 6.25. The van der Waals surface area contributed by atoms with E-state index in [1.165, 1.54) is 73.3 Å². The molecular weight excluding hydrogens is 631 g/mol. The minimum atomic E-state index is 0.924. The van der Waals surface area contributed by atoms with E-state index in [9.17, 15) is 0 Å². The molecule has 0 fully saturated rings. The van der Waals surface area contributed by atoms with Crippen LogP contribution in [0.5, 0.6) is 0 Å². The fourth-order valence-electron chi connectivity index (χ4n) is 8.59. The fraction of sp³-hybridized carbons (Fsp3) is 0.0800.